The maximum atomic E-state index is 11.1. The number of fused-ring (bicyclic) bond motifs is 1. The molecule has 1 aliphatic heterocycles. The lowest BCUT2D eigenvalue weighted by Crippen LogP contribution is -2.56. The third-order valence-electron chi connectivity index (χ3n) is 4.89. The summed E-state index contributed by atoms with van der Waals surface area (Å²) in [5.74, 6) is 0.864. The van der Waals surface area contributed by atoms with E-state index in [4.69, 9.17) is 10.5 Å². The van der Waals surface area contributed by atoms with Crippen LogP contribution in [0.2, 0.25) is 0 Å². The molecular formula is C21H25N5O2. The van der Waals surface area contributed by atoms with E-state index >= 15 is 0 Å². The first kappa shape index (κ1) is 19.5. The third kappa shape index (κ3) is 3.73. The largest absolute Gasteiger partial charge is 0.485 e. The predicted molar refractivity (Wildman–Crippen MR) is 109 cm³/mol. The minimum absolute atomic E-state index is 0.237. The topological polar surface area (TPSA) is 107 Å². The van der Waals surface area contributed by atoms with E-state index in [0.717, 1.165) is 5.69 Å². The molecule has 7 heteroatoms. The molecule has 0 saturated carbocycles. The standard InChI is InChI=1S/C21H25N5O2/c1-4-26(20(23)25-24-15-8-6-5-7-9-15)18-16-12-14(13-22)10-11-17(16)28-21(2,3)19(18)27/h5-12,18-19,24,27H,4H2,1-3H3,(H2,23,25). The highest BCUT2D eigenvalue weighted by atomic mass is 16.5. The highest BCUT2D eigenvalue weighted by Gasteiger charge is 2.45. The number of likely N-dealkylation sites (N-methyl/N-ethyl adjacent to an activating group) is 1. The first-order valence-electron chi connectivity index (χ1n) is 9.19. The number of nitrogens with one attached hydrogen (secondary N) is 1. The molecule has 0 bridgehead atoms. The van der Waals surface area contributed by atoms with E-state index in [1.54, 1.807) is 18.2 Å². The first-order valence-corrected chi connectivity index (χ1v) is 9.19. The summed E-state index contributed by atoms with van der Waals surface area (Å²) in [5, 5.41) is 24.6. The van der Waals surface area contributed by atoms with Gasteiger partial charge in [0.25, 0.3) is 0 Å². The number of benzene rings is 2. The number of hydrogen-bond acceptors (Lipinski definition) is 5. The van der Waals surface area contributed by atoms with E-state index in [2.05, 4.69) is 16.6 Å². The minimum Gasteiger partial charge on any atom is -0.485 e. The summed E-state index contributed by atoms with van der Waals surface area (Å²) in [4.78, 5) is 1.81. The molecule has 146 valence electrons. The number of guanidine groups is 1. The number of nitrogens with two attached hydrogens (primary N) is 1. The van der Waals surface area contributed by atoms with Crippen LogP contribution in [0.25, 0.3) is 0 Å². The van der Waals surface area contributed by atoms with Gasteiger partial charge in [-0.3, -0.25) is 5.43 Å². The second-order valence-corrected chi connectivity index (χ2v) is 7.19. The number of ether oxygens (including phenoxy) is 1. The molecule has 0 radical (unpaired) electrons. The molecule has 0 amide bonds. The molecule has 0 fully saturated rings. The zero-order valence-corrected chi connectivity index (χ0v) is 16.3. The minimum atomic E-state index is -0.876. The number of aliphatic hydroxyl groups excluding tert-OH is 1. The van der Waals surface area contributed by atoms with E-state index in [1.807, 2.05) is 56.0 Å². The van der Waals surface area contributed by atoms with Gasteiger partial charge in [-0.25, -0.2) is 0 Å². The fourth-order valence-electron chi connectivity index (χ4n) is 3.37. The number of nitrogens with zero attached hydrogens (tertiary/aromatic N) is 3. The van der Waals surface area contributed by atoms with Crippen LogP contribution in [0.4, 0.5) is 5.69 Å². The Kier molecular flexibility index (Phi) is 5.43. The van der Waals surface area contributed by atoms with Crippen LogP contribution in [0.15, 0.2) is 53.6 Å². The van der Waals surface area contributed by atoms with Crippen LogP contribution in [-0.4, -0.2) is 34.2 Å². The van der Waals surface area contributed by atoms with Gasteiger partial charge in [0.2, 0.25) is 5.96 Å². The van der Waals surface area contributed by atoms with Gasteiger partial charge in [-0.05, 0) is 51.1 Å². The van der Waals surface area contributed by atoms with E-state index in [9.17, 15) is 10.4 Å². The van der Waals surface area contributed by atoms with Crippen molar-refractivity contribution < 1.29 is 9.84 Å². The van der Waals surface area contributed by atoms with Crippen molar-refractivity contribution in [1.82, 2.24) is 4.90 Å². The Morgan fingerprint density at radius 1 is 1.32 bits per heavy atom. The van der Waals surface area contributed by atoms with Gasteiger partial charge in [0.15, 0.2) is 0 Å². The van der Waals surface area contributed by atoms with Crippen molar-refractivity contribution in [3.63, 3.8) is 0 Å². The van der Waals surface area contributed by atoms with Crippen molar-refractivity contribution in [1.29, 1.82) is 5.26 Å². The van der Waals surface area contributed by atoms with Gasteiger partial charge >= 0.3 is 0 Å². The monoisotopic (exact) mass is 379 g/mol. The van der Waals surface area contributed by atoms with Gasteiger partial charge in [0, 0.05) is 12.1 Å². The zero-order chi connectivity index (χ0) is 20.3. The van der Waals surface area contributed by atoms with Crippen LogP contribution in [0, 0.1) is 11.3 Å². The Bertz CT molecular complexity index is 905. The molecule has 2 unspecified atom stereocenters. The number of aliphatic hydroxyl groups is 1. The molecule has 1 heterocycles. The van der Waals surface area contributed by atoms with Crippen LogP contribution >= 0.6 is 0 Å². The highest BCUT2D eigenvalue weighted by molar-refractivity contribution is 5.79. The number of anilines is 1. The summed E-state index contributed by atoms with van der Waals surface area (Å²) < 4.78 is 5.98. The van der Waals surface area contributed by atoms with Crippen LogP contribution in [0.3, 0.4) is 0 Å². The molecule has 0 aliphatic carbocycles. The van der Waals surface area contributed by atoms with Crippen LogP contribution < -0.4 is 15.9 Å². The van der Waals surface area contributed by atoms with E-state index in [-0.39, 0.29) is 5.96 Å². The van der Waals surface area contributed by atoms with Gasteiger partial charge in [-0.1, -0.05) is 18.2 Å². The summed E-state index contributed by atoms with van der Waals surface area (Å²) >= 11 is 0. The van der Waals surface area contributed by atoms with E-state index in [0.29, 0.717) is 23.4 Å². The molecule has 2 aromatic carbocycles. The zero-order valence-electron chi connectivity index (χ0n) is 16.3. The maximum absolute atomic E-state index is 11.1. The molecule has 2 atom stereocenters. The fraction of sp³-hybridized carbons (Fsp3) is 0.333. The Morgan fingerprint density at radius 3 is 2.68 bits per heavy atom. The van der Waals surface area contributed by atoms with E-state index < -0.39 is 17.7 Å². The molecular weight excluding hydrogens is 354 g/mol. The fourth-order valence-corrected chi connectivity index (χ4v) is 3.37. The average Bonchev–Trinajstić information content (AvgIpc) is 2.70. The first-order chi connectivity index (χ1) is 13.4. The van der Waals surface area contributed by atoms with Gasteiger partial charge < -0.3 is 20.5 Å². The number of para-hydroxylation sites is 1. The lowest BCUT2D eigenvalue weighted by atomic mass is 9.85. The van der Waals surface area contributed by atoms with Crippen molar-refractivity contribution >= 4 is 11.6 Å². The summed E-state index contributed by atoms with van der Waals surface area (Å²) in [6, 6.07) is 16.3. The summed E-state index contributed by atoms with van der Waals surface area (Å²) in [7, 11) is 0. The molecule has 4 N–H and O–H groups in total. The lowest BCUT2D eigenvalue weighted by Gasteiger charge is -2.46. The van der Waals surface area contributed by atoms with Crippen LogP contribution in [0.5, 0.6) is 5.75 Å². The van der Waals surface area contributed by atoms with Crippen molar-refractivity contribution in [2.24, 2.45) is 10.8 Å². The molecule has 0 spiro atoms. The lowest BCUT2D eigenvalue weighted by molar-refractivity contribution is -0.0811. The Labute approximate surface area is 165 Å². The SMILES string of the molecule is CCN(C(N)=NNc1ccccc1)C1c2cc(C#N)ccc2OC(C)(C)C1O. The molecule has 28 heavy (non-hydrogen) atoms. The maximum Gasteiger partial charge on any atom is 0.214 e. The van der Waals surface area contributed by atoms with Crippen LogP contribution in [0.1, 0.15) is 37.9 Å². The molecule has 3 rings (SSSR count). The van der Waals surface area contributed by atoms with Crippen molar-refractivity contribution in [3.05, 3.63) is 59.7 Å². The van der Waals surface area contributed by atoms with Crippen molar-refractivity contribution in [3.8, 4) is 11.8 Å². The van der Waals surface area contributed by atoms with Crippen molar-refractivity contribution in [2.45, 2.75) is 38.5 Å². The number of hydrogen-bond donors (Lipinski definition) is 3. The van der Waals surface area contributed by atoms with Gasteiger partial charge in [0.05, 0.1) is 23.4 Å². The average molecular weight is 379 g/mol. The number of nitriles is 1. The molecule has 7 nitrogen and oxygen atoms in total. The van der Waals surface area contributed by atoms with Gasteiger partial charge in [-0.2, -0.15) is 5.26 Å². The Balaban J connectivity index is 1.99. The quantitative estimate of drug-likeness (QED) is 0.428. The summed E-state index contributed by atoms with van der Waals surface area (Å²) in [6.07, 6.45) is -0.876. The normalized spacial score (nSPS) is 20.5. The van der Waals surface area contributed by atoms with E-state index in [1.165, 1.54) is 0 Å². The second kappa shape index (κ2) is 7.79. The number of rotatable bonds is 4. The third-order valence-corrected chi connectivity index (χ3v) is 4.89. The molecule has 1 aliphatic rings. The molecule has 0 saturated heterocycles. The van der Waals surface area contributed by atoms with Gasteiger partial charge in [-0.15, -0.1) is 5.10 Å². The van der Waals surface area contributed by atoms with Crippen molar-refractivity contribution in [2.75, 3.05) is 12.0 Å². The molecule has 2 aromatic rings. The Hall–Kier alpha value is -3.24. The predicted octanol–water partition coefficient (Wildman–Crippen LogP) is 2.79. The van der Waals surface area contributed by atoms with Gasteiger partial charge in [0.1, 0.15) is 17.5 Å². The summed E-state index contributed by atoms with van der Waals surface area (Å²) in [5.41, 5.74) is 10.4. The second-order valence-electron chi connectivity index (χ2n) is 7.19. The number of hydrazone groups is 1. The smallest absolute Gasteiger partial charge is 0.214 e. The Morgan fingerprint density at radius 2 is 2.04 bits per heavy atom. The summed E-state index contributed by atoms with van der Waals surface area (Å²) in [6.45, 7) is 6.11. The van der Waals surface area contributed by atoms with Crippen LogP contribution in [-0.2, 0) is 0 Å². The molecule has 0 aromatic heterocycles. The highest BCUT2D eigenvalue weighted by Crippen LogP contribution is 2.43.